The Balaban J connectivity index is 2.44. The van der Waals surface area contributed by atoms with E-state index in [1.165, 1.54) is 0 Å². The molecule has 0 heterocycles. The lowest BCUT2D eigenvalue weighted by atomic mass is 9.85. The van der Waals surface area contributed by atoms with Gasteiger partial charge in [-0.3, -0.25) is 4.79 Å². The molecule has 15 heavy (non-hydrogen) atoms. The lowest BCUT2D eigenvalue weighted by molar-refractivity contribution is -0.130. The van der Waals surface area contributed by atoms with Gasteiger partial charge in [0.05, 0.1) is 5.41 Å². The number of nitrogens with one attached hydrogen (secondary N) is 1. The van der Waals surface area contributed by atoms with E-state index in [0.717, 1.165) is 25.7 Å². The van der Waals surface area contributed by atoms with Crippen LogP contribution >= 0.6 is 0 Å². The third-order valence-corrected chi connectivity index (χ3v) is 3.36. The summed E-state index contributed by atoms with van der Waals surface area (Å²) in [5.74, 6) is 0.188. The molecule has 88 valence electrons. The van der Waals surface area contributed by atoms with E-state index in [1.807, 2.05) is 6.92 Å². The number of carbonyl (C=O) groups excluding carboxylic acids is 1. The molecule has 1 aliphatic carbocycles. The molecule has 1 rings (SSSR count). The second-order valence-electron chi connectivity index (χ2n) is 4.69. The van der Waals surface area contributed by atoms with Crippen LogP contribution in [0.3, 0.4) is 0 Å². The Morgan fingerprint density at radius 1 is 1.53 bits per heavy atom. The predicted molar refractivity (Wildman–Crippen MR) is 59.2 cm³/mol. The molecule has 1 amide bonds. The number of hydrogen-bond acceptors (Lipinski definition) is 3. The van der Waals surface area contributed by atoms with Crippen molar-refractivity contribution in [1.29, 1.82) is 0 Å². The van der Waals surface area contributed by atoms with Crippen molar-refractivity contribution < 1.29 is 9.90 Å². The van der Waals surface area contributed by atoms with Gasteiger partial charge in [-0.25, -0.2) is 0 Å². The highest BCUT2D eigenvalue weighted by Gasteiger charge is 2.39. The van der Waals surface area contributed by atoms with E-state index in [4.69, 9.17) is 10.8 Å². The zero-order chi connectivity index (χ0) is 11.3. The molecular weight excluding hydrogens is 192 g/mol. The summed E-state index contributed by atoms with van der Waals surface area (Å²) < 4.78 is 0. The zero-order valence-corrected chi connectivity index (χ0v) is 9.46. The second kappa shape index (κ2) is 5.47. The highest BCUT2D eigenvalue weighted by molar-refractivity contribution is 5.83. The van der Waals surface area contributed by atoms with Crippen LogP contribution in [-0.4, -0.2) is 30.7 Å². The van der Waals surface area contributed by atoms with E-state index in [2.05, 4.69) is 5.32 Å². The molecule has 0 aliphatic heterocycles. The van der Waals surface area contributed by atoms with E-state index in [1.54, 1.807) is 0 Å². The fourth-order valence-corrected chi connectivity index (χ4v) is 2.09. The number of aliphatic hydroxyl groups excluding tert-OH is 1. The molecule has 0 radical (unpaired) electrons. The standard InChI is InChI=1S/C11H22N2O2/c1-9(7-14)6-13-10(15)11(8-12)4-2-3-5-11/h9,14H,2-8,12H2,1H3,(H,13,15). The van der Waals surface area contributed by atoms with Crippen LogP contribution in [0.2, 0.25) is 0 Å². The molecule has 0 saturated heterocycles. The molecule has 0 spiro atoms. The van der Waals surface area contributed by atoms with Crippen molar-refractivity contribution in [3.63, 3.8) is 0 Å². The lowest BCUT2D eigenvalue weighted by Gasteiger charge is -2.26. The van der Waals surface area contributed by atoms with Crippen molar-refractivity contribution in [3.8, 4) is 0 Å². The first-order valence-corrected chi connectivity index (χ1v) is 5.74. The normalized spacial score (nSPS) is 21.3. The summed E-state index contributed by atoms with van der Waals surface area (Å²) in [6, 6.07) is 0. The van der Waals surface area contributed by atoms with E-state index in [9.17, 15) is 4.79 Å². The number of hydrogen-bond donors (Lipinski definition) is 3. The maximum Gasteiger partial charge on any atom is 0.227 e. The summed E-state index contributed by atoms with van der Waals surface area (Å²) in [6.07, 6.45) is 4.01. The van der Waals surface area contributed by atoms with Gasteiger partial charge in [-0.1, -0.05) is 19.8 Å². The Morgan fingerprint density at radius 3 is 2.60 bits per heavy atom. The lowest BCUT2D eigenvalue weighted by Crippen LogP contribution is -2.45. The van der Waals surface area contributed by atoms with Gasteiger partial charge in [0, 0.05) is 19.7 Å². The smallest absolute Gasteiger partial charge is 0.227 e. The fraction of sp³-hybridized carbons (Fsp3) is 0.909. The average Bonchev–Trinajstić information content (AvgIpc) is 2.75. The summed E-state index contributed by atoms with van der Waals surface area (Å²) in [4.78, 5) is 11.9. The first-order chi connectivity index (χ1) is 7.14. The molecule has 0 aromatic carbocycles. The number of rotatable bonds is 5. The summed E-state index contributed by atoms with van der Waals surface area (Å²) in [5.41, 5.74) is 5.37. The Kier molecular flexibility index (Phi) is 4.54. The number of nitrogens with two attached hydrogens (primary N) is 1. The molecule has 4 N–H and O–H groups in total. The van der Waals surface area contributed by atoms with E-state index in [-0.39, 0.29) is 23.8 Å². The molecule has 0 bridgehead atoms. The average molecular weight is 214 g/mol. The molecular formula is C11H22N2O2. The largest absolute Gasteiger partial charge is 0.396 e. The van der Waals surface area contributed by atoms with Gasteiger partial charge < -0.3 is 16.2 Å². The van der Waals surface area contributed by atoms with Crippen LogP contribution in [0.4, 0.5) is 0 Å². The van der Waals surface area contributed by atoms with Crippen LogP contribution in [0, 0.1) is 11.3 Å². The van der Waals surface area contributed by atoms with Crippen molar-refractivity contribution in [2.45, 2.75) is 32.6 Å². The third kappa shape index (κ3) is 2.92. The Labute approximate surface area is 91.2 Å². The van der Waals surface area contributed by atoms with Gasteiger partial charge in [0.1, 0.15) is 0 Å². The highest BCUT2D eigenvalue weighted by Crippen LogP contribution is 2.37. The monoisotopic (exact) mass is 214 g/mol. The molecule has 0 aromatic heterocycles. The molecule has 1 atom stereocenters. The van der Waals surface area contributed by atoms with Crippen molar-refractivity contribution in [2.24, 2.45) is 17.1 Å². The van der Waals surface area contributed by atoms with Gasteiger partial charge in [-0.15, -0.1) is 0 Å². The summed E-state index contributed by atoms with van der Waals surface area (Å²) >= 11 is 0. The Hall–Kier alpha value is -0.610. The quantitative estimate of drug-likeness (QED) is 0.614. The Morgan fingerprint density at radius 2 is 2.13 bits per heavy atom. The van der Waals surface area contributed by atoms with E-state index >= 15 is 0 Å². The molecule has 4 heteroatoms. The number of amides is 1. The molecule has 1 aliphatic rings. The molecule has 1 unspecified atom stereocenters. The Bertz CT molecular complexity index is 213. The van der Waals surface area contributed by atoms with Crippen LogP contribution in [-0.2, 0) is 4.79 Å². The van der Waals surface area contributed by atoms with Crippen molar-refractivity contribution >= 4 is 5.91 Å². The van der Waals surface area contributed by atoms with Gasteiger partial charge >= 0.3 is 0 Å². The topological polar surface area (TPSA) is 75.3 Å². The SMILES string of the molecule is CC(CO)CNC(=O)C1(CN)CCCC1. The van der Waals surface area contributed by atoms with Crippen molar-refractivity contribution in [1.82, 2.24) is 5.32 Å². The van der Waals surface area contributed by atoms with Gasteiger partial charge in [-0.05, 0) is 18.8 Å². The maximum atomic E-state index is 11.9. The number of aliphatic hydroxyl groups is 1. The summed E-state index contributed by atoms with van der Waals surface area (Å²) in [5, 5.41) is 11.7. The summed E-state index contributed by atoms with van der Waals surface area (Å²) in [7, 11) is 0. The van der Waals surface area contributed by atoms with Crippen molar-refractivity contribution in [2.75, 3.05) is 19.7 Å². The van der Waals surface area contributed by atoms with E-state index in [0.29, 0.717) is 13.1 Å². The predicted octanol–water partition coefficient (Wildman–Crippen LogP) is 0.250. The van der Waals surface area contributed by atoms with Gasteiger partial charge in [0.25, 0.3) is 0 Å². The molecule has 0 aromatic rings. The van der Waals surface area contributed by atoms with Gasteiger partial charge in [0.2, 0.25) is 5.91 Å². The van der Waals surface area contributed by atoms with Crippen LogP contribution in [0.25, 0.3) is 0 Å². The first kappa shape index (κ1) is 12.5. The number of carbonyl (C=O) groups is 1. The second-order valence-corrected chi connectivity index (χ2v) is 4.69. The minimum atomic E-state index is -0.324. The minimum Gasteiger partial charge on any atom is -0.396 e. The summed E-state index contributed by atoms with van der Waals surface area (Å²) in [6.45, 7) is 2.99. The molecule has 1 fully saturated rings. The van der Waals surface area contributed by atoms with E-state index < -0.39 is 0 Å². The van der Waals surface area contributed by atoms with Crippen LogP contribution in [0.1, 0.15) is 32.6 Å². The first-order valence-electron chi connectivity index (χ1n) is 5.74. The maximum absolute atomic E-state index is 11.9. The van der Waals surface area contributed by atoms with Crippen molar-refractivity contribution in [3.05, 3.63) is 0 Å². The minimum absolute atomic E-state index is 0.0720. The molecule has 4 nitrogen and oxygen atoms in total. The zero-order valence-electron chi connectivity index (χ0n) is 9.46. The van der Waals surface area contributed by atoms with Crippen LogP contribution in [0.5, 0.6) is 0 Å². The van der Waals surface area contributed by atoms with Gasteiger partial charge in [-0.2, -0.15) is 0 Å². The molecule has 1 saturated carbocycles. The van der Waals surface area contributed by atoms with Gasteiger partial charge in [0.15, 0.2) is 0 Å². The fourth-order valence-electron chi connectivity index (χ4n) is 2.09. The third-order valence-electron chi connectivity index (χ3n) is 3.36. The van der Waals surface area contributed by atoms with Crippen LogP contribution < -0.4 is 11.1 Å². The van der Waals surface area contributed by atoms with Crippen LogP contribution in [0.15, 0.2) is 0 Å². The highest BCUT2D eigenvalue weighted by atomic mass is 16.3.